The summed E-state index contributed by atoms with van der Waals surface area (Å²) in [6.45, 7) is 0.256. The molecule has 0 spiro atoms. The Balaban J connectivity index is 2.44. The summed E-state index contributed by atoms with van der Waals surface area (Å²) in [5, 5.41) is 12.0. The normalized spacial score (nSPS) is 17.3. The van der Waals surface area contributed by atoms with Crippen molar-refractivity contribution in [3.05, 3.63) is 23.5 Å². The van der Waals surface area contributed by atoms with Crippen LogP contribution in [0.2, 0.25) is 0 Å². The Morgan fingerprint density at radius 1 is 1.65 bits per heavy atom. The smallest absolute Gasteiger partial charge is 0.257 e. The molecule has 2 N–H and O–H groups in total. The molecule has 4 nitrogen and oxygen atoms in total. The highest BCUT2D eigenvalue weighted by atomic mass is 19.1. The SMILES string of the molecule is C#CCN(C)c1cc2c(cc1F)C(O)C(=O)N2. The Morgan fingerprint density at radius 2 is 2.35 bits per heavy atom. The van der Waals surface area contributed by atoms with E-state index in [-0.39, 0.29) is 17.8 Å². The molecule has 1 aromatic carbocycles. The number of benzene rings is 1. The zero-order chi connectivity index (χ0) is 12.6. The fourth-order valence-electron chi connectivity index (χ4n) is 1.77. The Hall–Kier alpha value is -2.06. The standard InChI is InChI=1S/C12H11FN2O2/c1-3-4-15(2)10-6-9-7(5-8(10)13)11(16)12(17)14-9/h1,5-6,11,16H,4H2,2H3,(H,14,17). The lowest BCUT2D eigenvalue weighted by atomic mass is 10.1. The Kier molecular flexibility index (Phi) is 2.74. The molecule has 17 heavy (non-hydrogen) atoms. The van der Waals surface area contributed by atoms with E-state index in [0.29, 0.717) is 5.69 Å². The number of carbonyl (C=O) groups excluding carboxylic acids is 1. The van der Waals surface area contributed by atoms with Gasteiger partial charge in [-0.3, -0.25) is 4.79 Å². The number of amides is 1. The molecule has 1 atom stereocenters. The number of hydrogen-bond acceptors (Lipinski definition) is 3. The predicted octanol–water partition coefficient (Wildman–Crippen LogP) is 0.881. The molecule has 0 saturated heterocycles. The minimum Gasteiger partial charge on any atom is -0.378 e. The van der Waals surface area contributed by atoms with Crippen LogP contribution in [0.4, 0.5) is 15.8 Å². The number of carbonyl (C=O) groups is 1. The van der Waals surface area contributed by atoms with Crippen molar-refractivity contribution < 1.29 is 14.3 Å². The molecule has 5 heteroatoms. The van der Waals surface area contributed by atoms with Gasteiger partial charge in [0.2, 0.25) is 0 Å². The molecular weight excluding hydrogens is 223 g/mol. The van der Waals surface area contributed by atoms with Gasteiger partial charge in [0.05, 0.1) is 12.2 Å². The van der Waals surface area contributed by atoms with E-state index >= 15 is 0 Å². The summed E-state index contributed by atoms with van der Waals surface area (Å²) in [7, 11) is 1.65. The topological polar surface area (TPSA) is 52.6 Å². The van der Waals surface area contributed by atoms with Crippen molar-refractivity contribution in [3.63, 3.8) is 0 Å². The zero-order valence-electron chi connectivity index (χ0n) is 9.20. The van der Waals surface area contributed by atoms with Crippen LogP contribution in [0.5, 0.6) is 0 Å². The van der Waals surface area contributed by atoms with Crippen LogP contribution in [0.1, 0.15) is 11.7 Å². The van der Waals surface area contributed by atoms with Gasteiger partial charge >= 0.3 is 0 Å². The molecule has 2 rings (SSSR count). The summed E-state index contributed by atoms with van der Waals surface area (Å²) in [6, 6.07) is 2.62. The van der Waals surface area contributed by atoms with E-state index in [1.54, 1.807) is 11.9 Å². The van der Waals surface area contributed by atoms with E-state index in [1.165, 1.54) is 6.07 Å². The Morgan fingerprint density at radius 3 is 3.00 bits per heavy atom. The largest absolute Gasteiger partial charge is 0.378 e. The molecule has 0 aliphatic carbocycles. The summed E-state index contributed by atoms with van der Waals surface area (Å²) in [5.41, 5.74) is 0.962. The highest BCUT2D eigenvalue weighted by Crippen LogP contribution is 2.35. The molecule has 1 aliphatic heterocycles. The molecule has 0 radical (unpaired) electrons. The second-order valence-electron chi connectivity index (χ2n) is 3.84. The molecule has 0 aromatic heterocycles. The van der Waals surface area contributed by atoms with Gasteiger partial charge < -0.3 is 15.3 Å². The van der Waals surface area contributed by atoms with E-state index < -0.39 is 17.8 Å². The summed E-state index contributed by atoms with van der Waals surface area (Å²) < 4.78 is 13.8. The maximum absolute atomic E-state index is 13.8. The minimum absolute atomic E-state index is 0.255. The summed E-state index contributed by atoms with van der Waals surface area (Å²) >= 11 is 0. The van der Waals surface area contributed by atoms with Crippen molar-refractivity contribution in [2.75, 3.05) is 23.8 Å². The van der Waals surface area contributed by atoms with E-state index in [9.17, 15) is 14.3 Å². The first-order chi connectivity index (χ1) is 8.04. The summed E-state index contributed by atoms with van der Waals surface area (Å²) in [5.74, 6) is 1.34. The average Bonchev–Trinajstić information content (AvgIpc) is 2.55. The van der Waals surface area contributed by atoms with E-state index in [4.69, 9.17) is 6.42 Å². The fourth-order valence-corrected chi connectivity index (χ4v) is 1.77. The predicted molar refractivity (Wildman–Crippen MR) is 62.1 cm³/mol. The number of nitrogens with one attached hydrogen (secondary N) is 1. The highest BCUT2D eigenvalue weighted by molar-refractivity contribution is 6.02. The molecular formula is C12H11FN2O2. The monoisotopic (exact) mass is 234 g/mol. The van der Waals surface area contributed by atoms with Gasteiger partial charge in [-0.05, 0) is 12.1 Å². The molecule has 1 amide bonds. The molecule has 0 bridgehead atoms. The molecule has 0 fully saturated rings. The number of rotatable bonds is 2. The first-order valence-corrected chi connectivity index (χ1v) is 5.01. The zero-order valence-corrected chi connectivity index (χ0v) is 9.20. The second-order valence-corrected chi connectivity index (χ2v) is 3.84. The van der Waals surface area contributed by atoms with Crippen molar-refractivity contribution in [2.24, 2.45) is 0 Å². The molecule has 1 aromatic rings. The lowest BCUT2D eigenvalue weighted by molar-refractivity contribution is -0.123. The van der Waals surface area contributed by atoms with Crippen molar-refractivity contribution in [1.82, 2.24) is 0 Å². The number of aliphatic hydroxyl groups excluding tert-OH is 1. The van der Waals surface area contributed by atoms with Crippen molar-refractivity contribution >= 4 is 17.3 Å². The van der Waals surface area contributed by atoms with Gasteiger partial charge in [-0.2, -0.15) is 0 Å². The van der Waals surface area contributed by atoms with Gasteiger partial charge in [-0.25, -0.2) is 4.39 Å². The molecule has 1 heterocycles. The van der Waals surface area contributed by atoms with Crippen LogP contribution in [0.15, 0.2) is 12.1 Å². The number of aliphatic hydroxyl groups is 1. The second kappa shape index (κ2) is 4.07. The fraction of sp³-hybridized carbons (Fsp3) is 0.250. The number of halogens is 1. The van der Waals surface area contributed by atoms with Crippen molar-refractivity contribution in [1.29, 1.82) is 0 Å². The highest BCUT2D eigenvalue weighted by Gasteiger charge is 2.30. The molecule has 0 saturated carbocycles. The average molecular weight is 234 g/mol. The molecule has 1 unspecified atom stereocenters. The van der Waals surface area contributed by atoms with Crippen LogP contribution in [0, 0.1) is 18.2 Å². The molecule has 1 aliphatic rings. The van der Waals surface area contributed by atoms with Crippen molar-refractivity contribution in [2.45, 2.75) is 6.10 Å². The first kappa shape index (κ1) is 11.4. The van der Waals surface area contributed by atoms with E-state index in [0.717, 1.165) is 6.07 Å². The van der Waals surface area contributed by atoms with Gasteiger partial charge in [0.25, 0.3) is 5.91 Å². The molecule has 88 valence electrons. The maximum atomic E-state index is 13.8. The number of nitrogens with zero attached hydrogens (tertiary/aromatic N) is 1. The van der Waals surface area contributed by atoms with Crippen LogP contribution < -0.4 is 10.2 Å². The van der Waals surface area contributed by atoms with Gasteiger partial charge in [0.1, 0.15) is 5.82 Å². The first-order valence-electron chi connectivity index (χ1n) is 5.01. The number of terminal acetylenes is 1. The van der Waals surface area contributed by atoms with Crippen LogP contribution >= 0.6 is 0 Å². The third-order valence-electron chi connectivity index (χ3n) is 2.66. The van der Waals surface area contributed by atoms with Gasteiger partial charge in [0.15, 0.2) is 6.10 Å². The van der Waals surface area contributed by atoms with Gasteiger partial charge in [-0.15, -0.1) is 6.42 Å². The summed E-state index contributed by atoms with van der Waals surface area (Å²) in [6.07, 6.45) is 3.85. The van der Waals surface area contributed by atoms with Gasteiger partial charge in [0, 0.05) is 18.3 Å². The third kappa shape index (κ3) is 1.83. The lowest BCUT2D eigenvalue weighted by Crippen LogP contribution is -2.18. The Labute approximate surface area is 98.0 Å². The minimum atomic E-state index is -1.30. The quantitative estimate of drug-likeness (QED) is 0.747. The van der Waals surface area contributed by atoms with Crippen LogP contribution in [0.3, 0.4) is 0 Å². The maximum Gasteiger partial charge on any atom is 0.257 e. The van der Waals surface area contributed by atoms with E-state index in [2.05, 4.69) is 11.2 Å². The number of anilines is 2. The van der Waals surface area contributed by atoms with Crippen LogP contribution in [0.25, 0.3) is 0 Å². The lowest BCUT2D eigenvalue weighted by Gasteiger charge is -2.18. The van der Waals surface area contributed by atoms with Crippen molar-refractivity contribution in [3.8, 4) is 12.3 Å². The van der Waals surface area contributed by atoms with Gasteiger partial charge in [-0.1, -0.05) is 5.92 Å². The van der Waals surface area contributed by atoms with Crippen LogP contribution in [-0.4, -0.2) is 24.6 Å². The Bertz CT molecular complexity index is 522. The van der Waals surface area contributed by atoms with Crippen LogP contribution in [-0.2, 0) is 4.79 Å². The number of fused-ring (bicyclic) bond motifs is 1. The van der Waals surface area contributed by atoms with E-state index in [1.807, 2.05) is 0 Å². The number of hydrogen-bond donors (Lipinski definition) is 2. The summed E-state index contributed by atoms with van der Waals surface area (Å²) in [4.78, 5) is 12.8. The third-order valence-corrected chi connectivity index (χ3v) is 2.66.